The minimum absolute atomic E-state index is 0.494. The van der Waals surface area contributed by atoms with Gasteiger partial charge in [-0.1, -0.05) is 76.2 Å². The molecule has 1 aliphatic heterocycles. The van der Waals surface area contributed by atoms with Crippen LogP contribution in [0.15, 0.2) is 54.6 Å². The summed E-state index contributed by atoms with van der Waals surface area (Å²) in [6.45, 7) is 10.3. The van der Waals surface area contributed by atoms with E-state index in [0.29, 0.717) is 29.7 Å². The van der Waals surface area contributed by atoms with E-state index in [-0.39, 0.29) is 0 Å². The van der Waals surface area contributed by atoms with Crippen LogP contribution in [0, 0.1) is 23.2 Å². The molecular formula is C32H36N2. The lowest BCUT2D eigenvalue weighted by molar-refractivity contribution is 0.181. The zero-order chi connectivity index (χ0) is 24.0. The van der Waals surface area contributed by atoms with Gasteiger partial charge in [-0.25, -0.2) is 0 Å². The highest BCUT2D eigenvalue weighted by Crippen LogP contribution is 2.56. The Morgan fingerprint density at radius 3 is 2.50 bits per heavy atom. The molecule has 3 aromatic carbocycles. The molecule has 1 heterocycles. The molecule has 0 spiro atoms. The maximum absolute atomic E-state index is 9.40. The predicted octanol–water partition coefficient (Wildman–Crippen LogP) is 7.84. The van der Waals surface area contributed by atoms with E-state index in [1.54, 1.807) is 5.56 Å². The van der Waals surface area contributed by atoms with Crippen molar-refractivity contribution in [2.75, 3.05) is 13.6 Å². The summed E-state index contributed by atoms with van der Waals surface area (Å²) in [6.07, 6.45) is 6.88. The summed E-state index contributed by atoms with van der Waals surface area (Å²) in [6, 6.07) is 21.0. The van der Waals surface area contributed by atoms with Gasteiger partial charge in [0.25, 0.3) is 0 Å². The number of fused-ring (bicyclic) bond motifs is 2. The monoisotopic (exact) mass is 448 g/mol. The van der Waals surface area contributed by atoms with Crippen molar-refractivity contribution in [1.82, 2.24) is 4.90 Å². The molecule has 0 bridgehead atoms. The van der Waals surface area contributed by atoms with Crippen LogP contribution >= 0.6 is 0 Å². The maximum atomic E-state index is 9.40. The molecule has 3 unspecified atom stereocenters. The predicted molar refractivity (Wildman–Crippen MR) is 143 cm³/mol. The summed E-state index contributed by atoms with van der Waals surface area (Å²) in [5.41, 5.74) is 7.98. The van der Waals surface area contributed by atoms with Gasteiger partial charge >= 0.3 is 0 Å². The molecule has 5 rings (SSSR count). The minimum Gasteiger partial charge on any atom is -0.299 e. The lowest BCUT2D eigenvalue weighted by Crippen LogP contribution is -2.35. The van der Waals surface area contributed by atoms with Crippen molar-refractivity contribution < 1.29 is 0 Å². The number of nitriles is 1. The fourth-order valence-electron chi connectivity index (χ4n) is 5.95. The normalized spacial score (nSPS) is 22.5. The van der Waals surface area contributed by atoms with E-state index < -0.39 is 0 Å². The Kier molecular flexibility index (Phi) is 6.09. The first-order valence-electron chi connectivity index (χ1n) is 12.8. The Labute approximate surface area is 204 Å². The smallest absolute Gasteiger partial charge is 0.0991 e. The molecular weight excluding hydrogens is 412 g/mol. The van der Waals surface area contributed by atoms with Gasteiger partial charge in [0.1, 0.15) is 0 Å². The van der Waals surface area contributed by atoms with Crippen molar-refractivity contribution >= 4 is 16.8 Å². The van der Waals surface area contributed by atoms with Gasteiger partial charge in [0, 0.05) is 12.6 Å². The van der Waals surface area contributed by atoms with Crippen molar-refractivity contribution in [3.63, 3.8) is 0 Å². The van der Waals surface area contributed by atoms with Crippen molar-refractivity contribution in [1.29, 1.82) is 5.26 Å². The lowest BCUT2D eigenvalue weighted by atomic mass is 9.85. The quantitative estimate of drug-likeness (QED) is 0.397. The van der Waals surface area contributed by atoms with Crippen LogP contribution in [-0.4, -0.2) is 18.5 Å². The molecule has 1 saturated carbocycles. The molecule has 1 aliphatic carbocycles. The molecule has 0 N–H and O–H groups in total. The topological polar surface area (TPSA) is 27.0 Å². The molecule has 3 atom stereocenters. The van der Waals surface area contributed by atoms with E-state index in [0.717, 1.165) is 18.5 Å². The Balaban J connectivity index is 1.49. The van der Waals surface area contributed by atoms with Crippen molar-refractivity contribution in [2.45, 2.75) is 58.4 Å². The summed E-state index contributed by atoms with van der Waals surface area (Å²) >= 11 is 0. The van der Waals surface area contributed by atoms with E-state index in [9.17, 15) is 5.26 Å². The zero-order valence-electron chi connectivity index (χ0n) is 21.2. The number of nitrogens with zero attached hydrogens (tertiary/aromatic N) is 2. The fourth-order valence-corrected chi connectivity index (χ4v) is 5.95. The van der Waals surface area contributed by atoms with Gasteiger partial charge in [0.15, 0.2) is 0 Å². The summed E-state index contributed by atoms with van der Waals surface area (Å²) in [5.74, 6) is 2.28. The van der Waals surface area contributed by atoms with Crippen LogP contribution in [-0.2, 0) is 6.42 Å². The van der Waals surface area contributed by atoms with Gasteiger partial charge in [-0.15, -0.1) is 0 Å². The first kappa shape index (κ1) is 22.9. The summed E-state index contributed by atoms with van der Waals surface area (Å²) in [4.78, 5) is 2.54. The Bertz CT molecular complexity index is 1290. The molecule has 0 aromatic heterocycles. The van der Waals surface area contributed by atoms with Gasteiger partial charge in [0.05, 0.1) is 11.6 Å². The third-order valence-corrected chi connectivity index (χ3v) is 7.77. The van der Waals surface area contributed by atoms with Gasteiger partial charge in [-0.05, 0) is 94.3 Å². The van der Waals surface area contributed by atoms with E-state index in [4.69, 9.17) is 0 Å². The standard InChI is InChI=1S/C32H36N2/c1-20(2)6-8-24-15-27(16-25-9-7-22(19-33)14-28(24)25)30-18-29(30)26-11-10-23-12-13-34(5)32(21(3)4)31(23)17-26/h6-11,14-17,20-21,29-30,32H,12-13,18H2,1-5H3. The van der Waals surface area contributed by atoms with Crippen LogP contribution < -0.4 is 0 Å². The number of likely N-dealkylation sites (N-methyl/N-ethyl adjacent to an activating group) is 1. The third kappa shape index (κ3) is 4.30. The third-order valence-electron chi connectivity index (χ3n) is 7.77. The lowest BCUT2D eigenvalue weighted by Gasteiger charge is -2.37. The summed E-state index contributed by atoms with van der Waals surface area (Å²) in [7, 11) is 2.28. The molecule has 34 heavy (non-hydrogen) atoms. The van der Waals surface area contributed by atoms with Gasteiger partial charge in [-0.2, -0.15) is 5.26 Å². The average Bonchev–Trinajstić information content (AvgIpc) is 3.62. The van der Waals surface area contributed by atoms with Crippen LogP contribution in [0.25, 0.3) is 16.8 Å². The van der Waals surface area contributed by atoms with Gasteiger partial charge in [-0.3, -0.25) is 4.90 Å². The van der Waals surface area contributed by atoms with Crippen LogP contribution in [0.1, 0.15) is 85.4 Å². The number of hydrogen-bond donors (Lipinski definition) is 0. The zero-order valence-corrected chi connectivity index (χ0v) is 21.2. The van der Waals surface area contributed by atoms with E-state index in [1.165, 1.54) is 39.4 Å². The highest BCUT2D eigenvalue weighted by Gasteiger charge is 2.40. The highest BCUT2D eigenvalue weighted by atomic mass is 15.1. The number of benzene rings is 3. The van der Waals surface area contributed by atoms with Crippen molar-refractivity contribution in [3.8, 4) is 6.07 Å². The summed E-state index contributed by atoms with van der Waals surface area (Å²) < 4.78 is 0. The van der Waals surface area contributed by atoms with Crippen LogP contribution in [0.4, 0.5) is 0 Å². The molecule has 0 amide bonds. The largest absolute Gasteiger partial charge is 0.299 e. The molecule has 2 heteroatoms. The van der Waals surface area contributed by atoms with Crippen molar-refractivity contribution in [2.24, 2.45) is 11.8 Å². The second-order valence-electron chi connectivity index (χ2n) is 11.1. The van der Waals surface area contributed by atoms with Gasteiger partial charge < -0.3 is 0 Å². The van der Waals surface area contributed by atoms with Crippen LogP contribution in [0.5, 0.6) is 0 Å². The number of hydrogen-bond acceptors (Lipinski definition) is 2. The maximum Gasteiger partial charge on any atom is 0.0991 e. The second kappa shape index (κ2) is 9.05. The first-order chi connectivity index (χ1) is 16.4. The van der Waals surface area contributed by atoms with Gasteiger partial charge in [0.2, 0.25) is 0 Å². The molecule has 0 radical (unpaired) electrons. The molecule has 0 saturated heterocycles. The molecule has 3 aromatic rings. The van der Waals surface area contributed by atoms with Crippen molar-refractivity contribution in [3.05, 3.63) is 88.0 Å². The molecule has 2 nitrogen and oxygen atoms in total. The van der Waals surface area contributed by atoms with Crippen LogP contribution in [0.3, 0.4) is 0 Å². The highest BCUT2D eigenvalue weighted by molar-refractivity contribution is 5.92. The van der Waals surface area contributed by atoms with E-state index in [2.05, 4.69) is 94.3 Å². The van der Waals surface area contributed by atoms with Crippen LogP contribution in [0.2, 0.25) is 0 Å². The van der Waals surface area contributed by atoms with E-state index >= 15 is 0 Å². The number of rotatable bonds is 5. The Morgan fingerprint density at radius 1 is 0.971 bits per heavy atom. The first-order valence-corrected chi connectivity index (χ1v) is 12.8. The molecule has 2 aliphatic rings. The SMILES string of the molecule is CC(C)C=Cc1cc(C2CC2c2ccc3c(c2)C(C(C)C)N(C)CC3)cc2ccc(C#N)cc12. The molecule has 1 fully saturated rings. The Hall–Kier alpha value is -2.89. The second-order valence-corrected chi connectivity index (χ2v) is 11.1. The summed E-state index contributed by atoms with van der Waals surface area (Å²) in [5, 5.41) is 11.8. The Morgan fingerprint density at radius 2 is 1.76 bits per heavy atom. The minimum atomic E-state index is 0.494. The fraction of sp³-hybridized carbons (Fsp3) is 0.406. The molecule has 174 valence electrons. The van der Waals surface area contributed by atoms with E-state index in [1.807, 2.05) is 12.1 Å². The number of allylic oxidation sites excluding steroid dienone is 1. The average molecular weight is 449 g/mol.